The van der Waals surface area contributed by atoms with Crippen LogP contribution in [0.1, 0.15) is 16.0 Å². The highest BCUT2D eigenvalue weighted by Crippen LogP contribution is 2.31. The minimum absolute atomic E-state index is 0.0699. The molecule has 1 aliphatic heterocycles. The average Bonchev–Trinajstić information content (AvgIpc) is 3.07. The van der Waals surface area contributed by atoms with E-state index in [1.165, 1.54) is 20.9 Å². The van der Waals surface area contributed by atoms with Gasteiger partial charge in [-0.1, -0.05) is 54.2 Å². The Hall–Kier alpha value is -2.15. The van der Waals surface area contributed by atoms with Crippen LogP contribution in [-0.2, 0) is 26.1 Å². The third kappa shape index (κ3) is 3.72. The summed E-state index contributed by atoms with van der Waals surface area (Å²) in [5.41, 5.74) is 2.64. The first-order chi connectivity index (χ1) is 13.7. The Morgan fingerprint density at radius 3 is 2.82 bits per heavy atom. The lowest BCUT2D eigenvalue weighted by molar-refractivity contribution is -0.929. The van der Waals surface area contributed by atoms with E-state index in [2.05, 4.69) is 43.5 Å². The van der Waals surface area contributed by atoms with Crippen molar-refractivity contribution in [3.05, 3.63) is 82.0 Å². The fourth-order valence-corrected chi connectivity index (χ4v) is 5.84. The predicted molar refractivity (Wildman–Crippen MR) is 118 cm³/mol. The quantitative estimate of drug-likeness (QED) is 0.370. The Labute approximate surface area is 173 Å². The third-order valence-corrected chi connectivity index (χ3v) is 7.14. The largest absolute Gasteiger partial charge is 0.326 e. The first-order valence-corrected chi connectivity index (χ1v) is 11.3. The number of thioether (sulfide) groups is 1. The van der Waals surface area contributed by atoms with Gasteiger partial charge in [0.1, 0.15) is 17.9 Å². The summed E-state index contributed by atoms with van der Waals surface area (Å²) in [7, 11) is 0. The number of benzene rings is 1. The molecule has 1 aliphatic rings. The van der Waals surface area contributed by atoms with Crippen LogP contribution in [0.3, 0.4) is 0 Å². The summed E-state index contributed by atoms with van der Waals surface area (Å²) < 4.78 is 1.75. The summed E-state index contributed by atoms with van der Waals surface area (Å²) in [5, 5.41) is 1.58. The lowest BCUT2D eigenvalue weighted by Gasteiger charge is -2.24. The molecule has 1 atom stereocenters. The molecule has 0 bridgehead atoms. The molecule has 0 fully saturated rings. The summed E-state index contributed by atoms with van der Waals surface area (Å²) >= 11 is 3.24. The maximum absolute atomic E-state index is 13.2. The van der Waals surface area contributed by atoms with Crippen molar-refractivity contribution in [2.45, 2.75) is 31.2 Å². The Kier molecular flexibility index (Phi) is 5.80. The van der Waals surface area contributed by atoms with Crippen molar-refractivity contribution in [1.82, 2.24) is 9.55 Å². The van der Waals surface area contributed by atoms with Gasteiger partial charge in [-0.3, -0.25) is 9.36 Å². The number of thiophene rings is 1. The second-order valence-electron chi connectivity index (χ2n) is 6.97. The van der Waals surface area contributed by atoms with Crippen LogP contribution in [0.5, 0.6) is 0 Å². The van der Waals surface area contributed by atoms with Gasteiger partial charge < -0.3 is 4.90 Å². The van der Waals surface area contributed by atoms with Gasteiger partial charge in [-0.25, -0.2) is 4.98 Å². The second kappa shape index (κ2) is 8.47. The van der Waals surface area contributed by atoms with Gasteiger partial charge in [0.15, 0.2) is 5.16 Å². The molecule has 0 saturated carbocycles. The van der Waals surface area contributed by atoms with Gasteiger partial charge in [0.2, 0.25) is 0 Å². The molecule has 0 aliphatic carbocycles. The molecule has 1 unspecified atom stereocenters. The number of nitrogens with zero attached hydrogens (tertiary/aromatic N) is 2. The maximum Gasteiger partial charge on any atom is 0.263 e. The van der Waals surface area contributed by atoms with Crippen LogP contribution in [0.25, 0.3) is 10.2 Å². The van der Waals surface area contributed by atoms with E-state index in [1.54, 1.807) is 33.7 Å². The average molecular weight is 411 g/mol. The standard InChI is InChI=1S/C22H23N3OS2/c1-3-11-25-21(26)19-17-10-12-24(14-16-8-6-5-7-9-16)15-18(17)28-20(19)23-22(25)27-13-4-2/h3-9H,1-2,10-15H2/p+1. The lowest BCUT2D eigenvalue weighted by atomic mass is 10.0. The summed E-state index contributed by atoms with van der Waals surface area (Å²) in [4.78, 5) is 21.8. The van der Waals surface area contributed by atoms with Crippen LogP contribution >= 0.6 is 23.1 Å². The zero-order chi connectivity index (χ0) is 19.5. The van der Waals surface area contributed by atoms with Gasteiger partial charge in [0.05, 0.1) is 16.8 Å². The van der Waals surface area contributed by atoms with Crippen molar-refractivity contribution in [2.75, 3.05) is 12.3 Å². The predicted octanol–water partition coefficient (Wildman–Crippen LogP) is 3.06. The van der Waals surface area contributed by atoms with Gasteiger partial charge >= 0.3 is 0 Å². The van der Waals surface area contributed by atoms with Crippen molar-refractivity contribution in [2.24, 2.45) is 0 Å². The number of hydrogen-bond donors (Lipinski definition) is 1. The number of aromatic nitrogens is 2. The molecule has 3 aromatic rings. The van der Waals surface area contributed by atoms with E-state index < -0.39 is 0 Å². The lowest BCUT2D eigenvalue weighted by Crippen LogP contribution is -3.10. The Balaban J connectivity index is 1.70. The molecule has 28 heavy (non-hydrogen) atoms. The molecule has 0 amide bonds. The van der Waals surface area contributed by atoms with Gasteiger partial charge in [0, 0.05) is 24.3 Å². The van der Waals surface area contributed by atoms with E-state index in [1.807, 2.05) is 6.08 Å². The van der Waals surface area contributed by atoms with E-state index in [9.17, 15) is 4.79 Å². The van der Waals surface area contributed by atoms with Crippen molar-refractivity contribution >= 4 is 33.3 Å². The monoisotopic (exact) mass is 410 g/mol. The van der Waals surface area contributed by atoms with Gasteiger partial charge in [0.25, 0.3) is 5.56 Å². The topological polar surface area (TPSA) is 39.3 Å². The normalized spacial score (nSPS) is 16.1. The minimum Gasteiger partial charge on any atom is -0.326 e. The van der Waals surface area contributed by atoms with Crippen LogP contribution < -0.4 is 10.5 Å². The van der Waals surface area contributed by atoms with E-state index in [0.717, 1.165) is 47.2 Å². The smallest absolute Gasteiger partial charge is 0.263 e. The van der Waals surface area contributed by atoms with E-state index in [-0.39, 0.29) is 5.56 Å². The zero-order valence-electron chi connectivity index (χ0n) is 15.8. The highest BCUT2D eigenvalue weighted by atomic mass is 32.2. The first-order valence-electron chi connectivity index (χ1n) is 9.48. The molecular formula is C22H24N3OS2+. The number of nitrogens with one attached hydrogen (secondary N) is 1. The SMILES string of the molecule is C=CCSc1nc2sc3c(c2c(=O)n1CC=C)CC[NH+](Cc1ccccc1)C3. The van der Waals surface area contributed by atoms with Crippen LogP contribution in [0.2, 0.25) is 0 Å². The molecule has 0 radical (unpaired) electrons. The summed E-state index contributed by atoms with van der Waals surface area (Å²) in [5.74, 6) is 0.731. The molecule has 144 valence electrons. The van der Waals surface area contributed by atoms with Crippen LogP contribution in [0.15, 0.2) is 65.6 Å². The number of quaternary nitrogens is 1. The molecule has 3 heterocycles. The summed E-state index contributed by atoms with van der Waals surface area (Å²) in [6, 6.07) is 10.6. The fourth-order valence-electron chi connectivity index (χ4n) is 3.76. The maximum atomic E-state index is 13.2. The van der Waals surface area contributed by atoms with E-state index in [4.69, 9.17) is 4.98 Å². The number of allylic oxidation sites excluding steroid dienone is 1. The van der Waals surface area contributed by atoms with Gasteiger partial charge in [-0.15, -0.1) is 24.5 Å². The molecule has 4 nitrogen and oxygen atoms in total. The summed E-state index contributed by atoms with van der Waals surface area (Å²) in [6.45, 7) is 11.1. The van der Waals surface area contributed by atoms with E-state index in [0.29, 0.717) is 6.54 Å². The molecule has 0 spiro atoms. The fraction of sp³-hybridized carbons (Fsp3) is 0.273. The number of fused-ring (bicyclic) bond motifs is 3. The number of rotatable bonds is 7. The van der Waals surface area contributed by atoms with Gasteiger partial charge in [-0.2, -0.15) is 0 Å². The Morgan fingerprint density at radius 1 is 1.25 bits per heavy atom. The van der Waals surface area contributed by atoms with Crippen molar-refractivity contribution < 1.29 is 4.90 Å². The molecule has 1 N–H and O–H groups in total. The molecule has 1 aromatic carbocycles. The highest BCUT2D eigenvalue weighted by molar-refractivity contribution is 7.99. The van der Waals surface area contributed by atoms with Gasteiger partial charge in [-0.05, 0) is 5.56 Å². The molecule has 2 aromatic heterocycles. The van der Waals surface area contributed by atoms with Crippen LogP contribution in [0.4, 0.5) is 0 Å². The Bertz CT molecular complexity index is 1070. The Morgan fingerprint density at radius 2 is 2.07 bits per heavy atom. The van der Waals surface area contributed by atoms with Crippen LogP contribution in [-0.4, -0.2) is 21.8 Å². The van der Waals surface area contributed by atoms with E-state index >= 15 is 0 Å². The van der Waals surface area contributed by atoms with Crippen molar-refractivity contribution in [3.63, 3.8) is 0 Å². The third-order valence-electron chi connectivity index (χ3n) is 5.04. The molecular weight excluding hydrogens is 386 g/mol. The van der Waals surface area contributed by atoms with Crippen molar-refractivity contribution in [1.29, 1.82) is 0 Å². The summed E-state index contributed by atoms with van der Waals surface area (Å²) in [6.07, 6.45) is 4.53. The number of hydrogen-bond acceptors (Lipinski definition) is 4. The van der Waals surface area contributed by atoms with Crippen LogP contribution in [0, 0.1) is 0 Å². The highest BCUT2D eigenvalue weighted by Gasteiger charge is 2.27. The minimum atomic E-state index is 0.0699. The first kappa shape index (κ1) is 19.2. The van der Waals surface area contributed by atoms with Crippen molar-refractivity contribution in [3.8, 4) is 0 Å². The molecule has 6 heteroatoms. The molecule has 4 rings (SSSR count). The zero-order valence-corrected chi connectivity index (χ0v) is 17.5. The second-order valence-corrected chi connectivity index (χ2v) is 9.04. The molecule has 0 saturated heterocycles.